The molecular formula is C13H22N4O2S. The van der Waals surface area contributed by atoms with Crippen molar-refractivity contribution in [3.63, 3.8) is 0 Å². The van der Waals surface area contributed by atoms with Crippen LogP contribution in [-0.2, 0) is 16.4 Å². The predicted octanol–water partition coefficient (Wildman–Crippen LogP) is 0.0212. The maximum atomic E-state index is 12.0. The number of rotatable bonds is 3. The third-order valence-electron chi connectivity index (χ3n) is 4.60. The average molecular weight is 298 g/mol. The second-order valence-corrected chi connectivity index (χ2v) is 7.94. The Bertz CT molecular complexity index is 583. The van der Waals surface area contributed by atoms with Crippen LogP contribution in [0.3, 0.4) is 0 Å². The van der Waals surface area contributed by atoms with Crippen molar-refractivity contribution in [3.8, 4) is 0 Å². The topological polar surface area (TPSA) is 69.3 Å². The molecule has 3 rings (SSSR count). The molecule has 0 radical (unpaired) electrons. The molecule has 0 unspecified atom stereocenters. The first-order chi connectivity index (χ1) is 9.50. The van der Waals surface area contributed by atoms with Crippen LogP contribution in [0.25, 0.3) is 0 Å². The average Bonchev–Trinajstić information content (AvgIpc) is 2.93. The minimum absolute atomic E-state index is 0.116. The van der Waals surface area contributed by atoms with E-state index in [2.05, 4.69) is 26.7 Å². The Morgan fingerprint density at radius 2 is 1.95 bits per heavy atom. The fourth-order valence-electron chi connectivity index (χ4n) is 3.42. The van der Waals surface area contributed by atoms with Gasteiger partial charge in [-0.3, -0.25) is 9.80 Å². The highest BCUT2D eigenvalue weighted by atomic mass is 32.2. The Morgan fingerprint density at radius 3 is 2.55 bits per heavy atom. The molecule has 112 valence electrons. The summed E-state index contributed by atoms with van der Waals surface area (Å²) in [6.07, 6.45) is 1.70. The molecule has 6 nitrogen and oxygen atoms in total. The first-order valence-corrected chi connectivity index (χ1v) is 8.99. The minimum Gasteiger partial charge on any atom is -0.348 e. The number of aromatic nitrogens is 2. The second kappa shape index (κ2) is 5.13. The zero-order valence-electron chi connectivity index (χ0n) is 12.0. The summed E-state index contributed by atoms with van der Waals surface area (Å²) in [6.45, 7) is 7.63. The summed E-state index contributed by atoms with van der Waals surface area (Å²) in [5.74, 6) is 0.596. The van der Waals surface area contributed by atoms with Gasteiger partial charge in [-0.2, -0.15) is 0 Å². The molecule has 7 heteroatoms. The van der Waals surface area contributed by atoms with E-state index in [4.69, 9.17) is 0 Å². The maximum absolute atomic E-state index is 12.0. The van der Waals surface area contributed by atoms with Crippen LogP contribution in [0.4, 0.5) is 0 Å². The molecule has 0 aromatic carbocycles. The van der Waals surface area contributed by atoms with Gasteiger partial charge in [-0.25, -0.2) is 13.4 Å². The van der Waals surface area contributed by atoms with Crippen LogP contribution in [0.1, 0.15) is 18.3 Å². The Hall–Kier alpha value is -0.920. The number of hydrogen-bond donors (Lipinski definition) is 1. The Kier molecular flexibility index (Phi) is 3.60. The molecule has 0 amide bonds. The smallest absolute Gasteiger partial charge is 0.153 e. The van der Waals surface area contributed by atoms with Crippen molar-refractivity contribution in [1.82, 2.24) is 19.8 Å². The van der Waals surface area contributed by atoms with Gasteiger partial charge in [-0.1, -0.05) is 6.92 Å². The summed E-state index contributed by atoms with van der Waals surface area (Å²) in [6, 6.07) is 0.266. The summed E-state index contributed by atoms with van der Waals surface area (Å²) in [5, 5.41) is 0. The normalized spacial score (nSPS) is 30.5. The fourth-order valence-corrected chi connectivity index (χ4v) is 5.47. The van der Waals surface area contributed by atoms with Crippen LogP contribution in [0, 0.1) is 6.92 Å². The number of piperazine rings is 1. The Balaban J connectivity index is 1.81. The number of nitrogens with zero attached hydrogens (tertiary/aromatic N) is 3. The van der Waals surface area contributed by atoms with Crippen molar-refractivity contribution in [3.05, 3.63) is 17.7 Å². The van der Waals surface area contributed by atoms with E-state index >= 15 is 0 Å². The lowest BCUT2D eigenvalue weighted by molar-refractivity contribution is 0.0431. The molecule has 2 fully saturated rings. The summed E-state index contributed by atoms with van der Waals surface area (Å²) < 4.78 is 24.0. The lowest BCUT2D eigenvalue weighted by Gasteiger charge is -2.43. The van der Waals surface area contributed by atoms with Gasteiger partial charge in [-0.15, -0.1) is 0 Å². The van der Waals surface area contributed by atoms with E-state index in [-0.39, 0.29) is 17.8 Å². The van der Waals surface area contributed by atoms with Crippen LogP contribution in [0.5, 0.6) is 0 Å². The van der Waals surface area contributed by atoms with Gasteiger partial charge in [0.05, 0.1) is 23.5 Å². The summed E-state index contributed by atoms with van der Waals surface area (Å²) in [4.78, 5) is 12.0. The van der Waals surface area contributed by atoms with Gasteiger partial charge in [0.1, 0.15) is 0 Å². The number of likely N-dealkylation sites (N-methyl/N-ethyl adjacent to an activating group) is 1. The van der Waals surface area contributed by atoms with Crippen molar-refractivity contribution in [2.24, 2.45) is 0 Å². The highest BCUT2D eigenvalue weighted by molar-refractivity contribution is 7.91. The second-order valence-electron chi connectivity index (χ2n) is 5.78. The Morgan fingerprint density at radius 1 is 1.30 bits per heavy atom. The van der Waals surface area contributed by atoms with E-state index in [9.17, 15) is 8.42 Å². The molecule has 0 aliphatic carbocycles. The number of aromatic amines is 1. The van der Waals surface area contributed by atoms with E-state index in [0.29, 0.717) is 5.75 Å². The lowest BCUT2D eigenvalue weighted by Crippen LogP contribution is -2.58. The fraction of sp³-hybridized carbons (Fsp3) is 0.769. The molecule has 1 N–H and O–H groups in total. The summed E-state index contributed by atoms with van der Waals surface area (Å²) >= 11 is 0. The van der Waals surface area contributed by atoms with Gasteiger partial charge < -0.3 is 4.98 Å². The molecule has 1 aromatic rings. The summed E-state index contributed by atoms with van der Waals surface area (Å²) in [7, 11) is -2.91. The number of H-pyrrole nitrogens is 1. The molecule has 1 aromatic heterocycles. The molecule has 0 spiro atoms. The SMILES string of the molecule is CCN1CCN(Cc2nc[nH]c2C)[C@H]2CS(=O)(=O)C[C@H]21. The van der Waals surface area contributed by atoms with Crippen molar-refractivity contribution in [1.29, 1.82) is 0 Å². The van der Waals surface area contributed by atoms with Gasteiger partial charge in [-0.05, 0) is 13.5 Å². The first kappa shape index (κ1) is 14.0. The molecule has 20 heavy (non-hydrogen) atoms. The quantitative estimate of drug-likeness (QED) is 0.852. The number of sulfone groups is 1. The minimum atomic E-state index is -2.91. The van der Waals surface area contributed by atoms with E-state index in [1.807, 2.05) is 6.92 Å². The van der Waals surface area contributed by atoms with E-state index in [0.717, 1.165) is 37.6 Å². The Labute approximate surface area is 120 Å². The van der Waals surface area contributed by atoms with Crippen LogP contribution in [0.15, 0.2) is 6.33 Å². The standard InChI is InChI=1S/C13H22N4O2S/c1-3-16-4-5-17(6-11-10(2)14-9-15-11)13-8-20(18,19)7-12(13)16/h9,12-13H,3-8H2,1-2H3,(H,14,15)/t12-,13+/m1/s1. The van der Waals surface area contributed by atoms with Crippen molar-refractivity contribution in [2.75, 3.05) is 31.1 Å². The van der Waals surface area contributed by atoms with Gasteiger partial charge in [0, 0.05) is 37.4 Å². The lowest BCUT2D eigenvalue weighted by atomic mass is 10.0. The molecule has 0 saturated carbocycles. The predicted molar refractivity (Wildman–Crippen MR) is 77.2 cm³/mol. The van der Waals surface area contributed by atoms with Crippen LogP contribution in [-0.4, -0.2) is 71.4 Å². The zero-order chi connectivity index (χ0) is 14.3. The van der Waals surface area contributed by atoms with Crippen molar-refractivity contribution >= 4 is 9.84 Å². The maximum Gasteiger partial charge on any atom is 0.153 e. The number of fused-ring (bicyclic) bond motifs is 1. The molecular weight excluding hydrogens is 276 g/mol. The van der Waals surface area contributed by atoms with E-state index < -0.39 is 9.84 Å². The third-order valence-corrected chi connectivity index (χ3v) is 6.30. The number of imidazole rings is 1. The first-order valence-electron chi connectivity index (χ1n) is 7.17. The molecule has 2 aliphatic rings. The number of nitrogens with one attached hydrogen (secondary N) is 1. The van der Waals surface area contributed by atoms with Crippen LogP contribution >= 0.6 is 0 Å². The van der Waals surface area contributed by atoms with Gasteiger partial charge in [0.25, 0.3) is 0 Å². The zero-order valence-corrected chi connectivity index (χ0v) is 12.9. The van der Waals surface area contributed by atoms with Crippen LogP contribution in [0.2, 0.25) is 0 Å². The van der Waals surface area contributed by atoms with Crippen molar-refractivity contribution < 1.29 is 8.42 Å². The largest absolute Gasteiger partial charge is 0.348 e. The number of aryl methyl sites for hydroxylation is 1. The molecule has 2 aliphatic heterocycles. The monoisotopic (exact) mass is 298 g/mol. The molecule has 0 bridgehead atoms. The van der Waals surface area contributed by atoms with E-state index in [1.165, 1.54) is 0 Å². The molecule has 2 atom stereocenters. The van der Waals surface area contributed by atoms with E-state index in [1.54, 1.807) is 6.33 Å². The number of hydrogen-bond acceptors (Lipinski definition) is 5. The third kappa shape index (κ3) is 2.49. The van der Waals surface area contributed by atoms with Crippen molar-refractivity contribution in [2.45, 2.75) is 32.5 Å². The highest BCUT2D eigenvalue weighted by Crippen LogP contribution is 2.27. The van der Waals surface area contributed by atoms with Gasteiger partial charge in [0.2, 0.25) is 0 Å². The van der Waals surface area contributed by atoms with Gasteiger partial charge in [0.15, 0.2) is 9.84 Å². The molecule has 3 heterocycles. The highest BCUT2D eigenvalue weighted by Gasteiger charge is 2.46. The molecule has 2 saturated heterocycles. The summed E-state index contributed by atoms with van der Waals surface area (Å²) in [5.41, 5.74) is 2.10. The van der Waals surface area contributed by atoms with Gasteiger partial charge >= 0.3 is 0 Å². The van der Waals surface area contributed by atoms with Crippen LogP contribution < -0.4 is 0 Å².